The third-order valence-corrected chi connectivity index (χ3v) is 3.77. The van der Waals surface area contributed by atoms with Crippen molar-refractivity contribution in [1.82, 2.24) is 10.2 Å². The summed E-state index contributed by atoms with van der Waals surface area (Å²) >= 11 is 0. The minimum atomic E-state index is 0.196. The molecule has 0 radical (unpaired) electrons. The Morgan fingerprint density at radius 1 is 1.11 bits per heavy atom. The van der Waals surface area contributed by atoms with Crippen LogP contribution in [0.25, 0.3) is 11.3 Å². The number of fused-ring (bicyclic) bond motifs is 1. The molecule has 19 heavy (non-hydrogen) atoms. The molecular formula is C16H21N3. The number of benzene rings is 1. The second kappa shape index (κ2) is 4.41. The van der Waals surface area contributed by atoms with Crippen molar-refractivity contribution in [2.24, 2.45) is 0 Å². The highest BCUT2D eigenvalue weighted by molar-refractivity contribution is 5.76. The summed E-state index contributed by atoms with van der Waals surface area (Å²) in [5.74, 6) is 0. The van der Waals surface area contributed by atoms with Crippen molar-refractivity contribution in [3.63, 3.8) is 0 Å². The van der Waals surface area contributed by atoms with Gasteiger partial charge < -0.3 is 5.32 Å². The van der Waals surface area contributed by atoms with Crippen LogP contribution in [0.5, 0.6) is 0 Å². The maximum atomic E-state index is 4.47. The van der Waals surface area contributed by atoms with Crippen molar-refractivity contribution in [2.45, 2.75) is 39.0 Å². The van der Waals surface area contributed by atoms with Crippen molar-refractivity contribution in [1.29, 1.82) is 0 Å². The number of aromatic amines is 1. The minimum absolute atomic E-state index is 0.196. The SMILES string of the molecule is CC(C)(C)c1ccc(-c2n[nH]c3c2NCCC3)cc1. The van der Waals surface area contributed by atoms with Gasteiger partial charge in [0.25, 0.3) is 0 Å². The van der Waals surface area contributed by atoms with Crippen molar-refractivity contribution in [3.05, 3.63) is 35.5 Å². The van der Waals surface area contributed by atoms with E-state index in [0.717, 1.165) is 18.7 Å². The molecule has 0 bridgehead atoms. The van der Waals surface area contributed by atoms with Crippen LogP contribution >= 0.6 is 0 Å². The Morgan fingerprint density at radius 2 is 1.84 bits per heavy atom. The molecular weight excluding hydrogens is 234 g/mol. The second-order valence-electron chi connectivity index (χ2n) is 6.28. The lowest BCUT2D eigenvalue weighted by molar-refractivity contribution is 0.590. The maximum Gasteiger partial charge on any atom is 0.115 e. The minimum Gasteiger partial charge on any atom is -0.382 e. The molecule has 0 saturated heterocycles. The highest BCUT2D eigenvalue weighted by Gasteiger charge is 2.18. The fourth-order valence-electron chi connectivity index (χ4n) is 2.56. The predicted molar refractivity (Wildman–Crippen MR) is 79.5 cm³/mol. The second-order valence-corrected chi connectivity index (χ2v) is 6.28. The standard InChI is InChI=1S/C16H21N3/c1-16(2,3)12-8-6-11(7-9-12)14-15-13(18-19-14)5-4-10-17-15/h6-9,17H,4-5,10H2,1-3H3,(H,18,19). The fourth-order valence-corrected chi connectivity index (χ4v) is 2.56. The van der Waals surface area contributed by atoms with E-state index in [1.54, 1.807) is 0 Å². The summed E-state index contributed by atoms with van der Waals surface area (Å²) in [5, 5.41) is 11.1. The average Bonchev–Trinajstić information content (AvgIpc) is 2.82. The molecule has 3 heteroatoms. The van der Waals surface area contributed by atoms with Crippen LogP contribution in [0.4, 0.5) is 5.69 Å². The van der Waals surface area contributed by atoms with Crippen LogP contribution in [0.2, 0.25) is 0 Å². The monoisotopic (exact) mass is 255 g/mol. The van der Waals surface area contributed by atoms with E-state index in [0.29, 0.717) is 0 Å². The van der Waals surface area contributed by atoms with E-state index >= 15 is 0 Å². The Hall–Kier alpha value is -1.77. The number of aryl methyl sites for hydroxylation is 1. The van der Waals surface area contributed by atoms with Crippen molar-refractivity contribution >= 4 is 5.69 Å². The van der Waals surface area contributed by atoms with E-state index in [1.807, 2.05) is 0 Å². The number of aromatic nitrogens is 2. The Labute approximate surface area is 114 Å². The number of hydrogen-bond acceptors (Lipinski definition) is 2. The zero-order valence-corrected chi connectivity index (χ0v) is 11.9. The largest absolute Gasteiger partial charge is 0.382 e. The van der Waals surface area contributed by atoms with E-state index in [9.17, 15) is 0 Å². The smallest absolute Gasteiger partial charge is 0.115 e. The van der Waals surface area contributed by atoms with Crippen LogP contribution in [-0.4, -0.2) is 16.7 Å². The van der Waals surface area contributed by atoms with Gasteiger partial charge in [0.05, 0.1) is 11.4 Å². The molecule has 0 amide bonds. The molecule has 100 valence electrons. The summed E-state index contributed by atoms with van der Waals surface area (Å²) in [4.78, 5) is 0. The molecule has 0 atom stereocenters. The van der Waals surface area contributed by atoms with Gasteiger partial charge in [-0.15, -0.1) is 0 Å². The number of hydrogen-bond donors (Lipinski definition) is 2. The topological polar surface area (TPSA) is 40.7 Å². The molecule has 1 aromatic heterocycles. The number of nitrogens with one attached hydrogen (secondary N) is 2. The molecule has 2 heterocycles. The molecule has 1 aliphatic heterocycles. The van der Waals surface area contributed by atoms with E-state index in [-0.39, 0.29) is 5.41 Å². The quantitative estimate of drug-likeness (QED) is 0.815. The van der Waals surface area contributed by atoms with Crippen molar-refractivity contribution < 1.29 is 0 Å². The molecule has 2 N–H and O–H groups in total. The zero-order chi connectivity index (χ0) is 13.5. The van der Waals surface area contributed by atoms with Crippen molar-refractivity contribution in [3.8, 4) is 11.3 Å². The van der Waals surface area contributed by atoms with E-state index in [1.165, 1.54) is 28.9 Å². The molecule has 3 rings (SSSR count). The summed E-state index contributed by atoms with van der Waals surface area (Å²) in [6.45, 7) is 7.75. The van der Waals surface area contributed by atoms with Gasteiger partial charge in [0, 0.05) is 12.1 Å². The van der Waals surface area contributed by atoms with Gasteiger partial charge in [-0.05, 0) is 23.8 Å². The molecule has 0 spiro atoms. The summed E-state index contributed by atoms with van der Waals surface area (Å²) in [6.07, 6.45) is 2.27. The van der Waals surface area contributed by atoms with E-state index in [4.69, 9.17) is 0 Å². The van der Waals surface area contributed by atoms with Crippen LogP contribution in [-0.2, 0) is 11.8 Å². The van der Waals surface area contributed by atoms with Gasteiger partial charge in [-0.2, -0.15) is 5.10 Å². The first kappa shape index (κ1) is 12.3. The van der Waals surface area contributed by atoms with Gasteiger partial charge in [0.1, 0.15) is 5.69 Å². The van der Waals surface area contributed by atoms with Gasteiger partial charge in [0.2, 0.25) is 0 Å². The van der Waals surface area contributed by atoms with Gasteiger partial charge in [-0.1, -0.05) is 45.0 Å². The number of H-pyrrole nitrogens is 1. The third kappa shape index (κ3) is 2.25. The third-order valence-electron chi connectivity index (χ3n) is 3.77. The molecule has 1 aromatic carbocycles. The van der Waals surface area contributed by atoms with Gasteiger partial charge in [-0.25, -0.2) is 0 Å². The molecule has 3 nitrogen and oxygen atoms in total. The molecule has 1 aliphatic rings. The van der Waals surface area contributed by atoms with Crippen LogP contribution in [0.15, 0.2) is 24.3 Å². The highest BCUT2D eigenvalue weighted by atomic mass is 15.2. The van der Waals surface area contributed by atoms with E-state index < -0.39 is 0 Å². The zero-order valence-electron chi connectivity index (χ0n) is 11.9. The summed E-state index contributed by atoms with van der Waals surface area (Å²) < 4.78 is 0. The van der Waals surface area contributed by atoms with Crippen LogP contribution < -0.4 is 5.32 Å². The summed E-state index contributed by atoms with van der Waals surface area (Å²) in [5.41, 5.74) is 6.21. The van der Waals surface area contributed by atoms with Crippen molar-refractivity contribution in [2.75, 3.05) is 11.9 Å². The lowest BCUT2D eigenvalue weighted by Gasteiger charge is -2.19. The Morgan fingerprint density at radius 3 is 2.53 bits per heavy atom. The Balaban J connectivity index is 1.97. The lowest BCUT2D eigenvalue weighted by atomic mass is 9.86. The normalized spacial score (nSPS) is 14.9. The summed E-state index contributed by atoms with van der Waals surface area (Å²) in [7, 11) is 0. The van der Waals surface area contributed by atoms with Gasteiger partial charge in [-0.3, -0.25) is 5.10 Å². The number of rotatable bonds is 1. The molecule has 0 saturated carbocycles. The Bertz CT molecular complexity index is 573. The van der Waals surface area contributed by atoms with Crippen LogP contribution in [0.3, 0.4) is 0 Å². The van der Waals surface area contributed by atoms with Crippen LogP contribution in [0, 0.1) is 0 Å². The highest BCUT2D eigenvalue weighted by Crippen LogP contribution is 2.32. The first-order chi connectivity index (χ1) is 9.05. The molecule has 0 unspecified atom stereocenters. The summed E-state index contributed by atoms with van der Waals surface area (Å²) in [6, 6.07) is 8.76. The van der Waals surface area contributed by atoms with Crippen LogP contribution in [0.1, 0.15) is 38.4 Å². The number of anilines is 1. The molecule has 2 aromatic rings. The maximum absolute atomic E-state index is 4.47. The van der Waals surface area contributed by atoms with E-state index in [2.05, 4.69) is 60.6 Å². The fraction of sp³-hybridized carbons (Fsp3) is 0.438. The molecule has 0 aliphatic carbocycles. The van der Waals surface area contributed by atoms with Gasteiger partial charge in [0.15, 0.2) is 0 Å². The van der Waals surface area contributed by atoms with Gasteiger partial charge >= 0.3 is 0 Å². The predicted octanol–water partition coefficient (Wildman–Crippen LogP) is 3.73. The average molecular weight is 255 g/mol. The molecule has 0 fully saturated rings. The Kier molecular flexibility index (Phi) is 2.85. The number of nitrogens with zero attached hydrogens (tertiary/aromatic N) is 1. The lowest BCUT2D eigenvalue weighted by Crippen LogP contribution is -2.11. The first-order valence-corrected chi connectivity index (χ1v) is 6.98. The first-order valence-electron chi connectivity index (χ1n) is 6.98.